The van der Waals surface area contributed by atoms with Crippen molar-refractivity contribution in [1.82, 2.24) is 4.57 Å². The minimum absolute atomic E-state index is 0.823. The molecule has 4 heteroatoms. The van der Waals surface area contributed by atoms with Crippen molar-refractivity contribution in [2.24, 2.45) is 17.3 Å². The van der Waals surface area contributed by atoms with Crippen LogP contribution >= 0.6 is 0 Å². The van der Waals surface area contributed by atoms with E-state index < -0.39 is 0 Å². The minimum Gasteiger partial charge on any atom is -0.497 e. The van der Waals surface area contributed by atoms with E-state index in [4.69, 9.17) is 4.74 Å². The lowest BCUT2D eigenvalue weighted by molar-refractivity contribution is 0.415. The summed E-state index contributed by atoms with van der Waals surface area (Å²) < 4.78 is 7.43. The van der Waals surface area contributed by atoms with Crippen LogP contribution in [0.25, 0.3) is 10.9 Å². The highest BCUT2D eigenvalue weighted by atomic mass is 16.5. The van der Waals surface area contributed by atoms with Gasteiger partial charge in [0.05, 0.1) is 18.3 Å². The summed E-state index contributed by atoms with van der Waals surface area (Å²) in [7, 11) is 3.70. The van der Waals surface area contributed by atoms with Crippen molar-refractivity contribution in [3.05, 3.63) is 54.2 Å². The molecule has 1 heterocycles. The van der Waals surface area contributed by atoms with E-state index in [9.17, 15) is 0 Å². The highest BCUT2D eigenvalue weighted by Gasteiger charge is 2.12. The lowest BCUT2D eigenvalue weighted by Crippen LogP contribution is -1.89. The molecule has 3 rings (SSSR count). The summed E-state index contributed by atoms with van der Waals surface area (Å²) in [5.41, 5.74) is 3.93. The van der Waals surface area contributed by atoms with Gasteiger partial charge in [0.25, 0.3) is 0 Å². The van der Waals surface area contributed by atoms with Crippen LogP contribution in [0, 0.1) is 6.92 Å². The second-order valence-electron chi connectivity index (χ2n) is 4.91. The third-order valence-electron chi connectivity index (χ3n) is 3.69. The second kappa shape index (κ2) is 5.40. The Bertz CT molecular complexity index is 804. The first-order valence-electron chi connectivity index (χ1n) is 6.80. The average molecular weight is 279 g/mol. The predicted octanol–water partition coefficient (Wildman–Crippen LogP) is 4.91. The van der Waals surface area contributed by atoms with Gasteiger partial charge in [-0.2, -0.15) is 5.11 Å². The van der Waals surface area contributed by atoms with Crippen LogP contribution in [0.5, 0.6) is 5.75 Å². The van der Waals surface area contributed by atoms with Gasteiger partial charge in [-0.15, -0.1) is 5.11 Å². The molecule has 2 aromatic carbocycles. The molecule has 3 aromatic rings. The summed E-state index contributed by atoms with van der Waals surface area (Å²) in [6.45, 7) is 2.05. The van der Waals surface area contributed by atoms with Gasteiger partial charge >= 0.3 is 0 Å². The predicted molar refractivity (Wildman–Crippen MR) is 84.8 cm³/mol. The molecule has 4 nitrogen and oxygen atoms in total. The number of rotatable bonds is 3. The van der Waals surface area contributed by atoms with Crippen LogP contribution in [0.2, 0.25) is 0 Å². The van der Waals surface area contributed by atoms with Crippen molar-refractivity contribution in [2.45, 2.75) is 6.92 Å². The number of hydrogen-bond acceptors (Lipinski definition) is 3. The lowest BCUT2D eigenvalue weighted by Gasteiger charge is -2.00. The number of methoxy groups -OCH3 is 1. The zero-order chi connectivity index (χ0) is 14.8. The van der Waals surface area contributed by atoms with E-state index in [1.165, 1.54) is 0 Å². The molecule has 106 valence electrons. The molecule has 0 aliphatic heterocycles. The van der Waals surface area contributed by atoms with Crippen molar-refractivity contribution in [2.75, 3.05) is 7.11 Å². The molecule has 0 fully saturated rings. The molecule has 0 bridgehead atoms. The van der Waals surface area contributed by atoms with Gasteiger partial charge < -0.3 is 9.30 Å². The Balaban J connectivity index is 2.13. The van der Waals surface area contributed by atoms with E-state index in [1.54, 1.807) is 7.11 Å². The van der Waals surface area contributed by atoms with E-state index in [-0.39, 0.29) is 0 Å². The molecule has 21 heavy (non-hydrogen) atoms. The smallest absolute Gasteiger partial charge is 0.119 e. The van der Waals surface area contributed by atoms with Crippen LogP contribution in [0.4, 0.5) is 11.4 Å². The molecule has 0 N–H and O–H groups in total. The first kappa shape index (κ1) is 13.4. The van der Waals surface area contributed by atoms with Gasteiger partial charge in [0, 0.05) is 18.1 Å². The SMILES string of the molecule is COc1ccc2c(c1)c(N=Nc1ccccc1)c(C)n2C. The number of hydrogen-bond donors (Lipinski definition) is 0. The Hall–Kier alpha value is -2.62. The summed E-state index contributed by atoms with van der Waals surface area (Å²) in [6.07, 6.45) is 0. The molecular weight excluding hydrogens is 262 g/mol. The van der Waals surface area contributed by atoms with E-state index in [1.807, 2.05) is 62.5 Å². The van der Waals surface area contributed by atoms with Crippen molar-refractivity contribution in [3.63, 3.8) is 0 Å². The third kappa shape index (κ3) is 2.40. The molecule has 0 spiro atoms. The number of ether oxygens (including phenoxy) is 1. The Kier molecular flexibility index (Phi) is 3.44. The van der Waals surface area contributed by atoms with E-state index in [0.29, 0.717) is 0 Å². The Morgan fingerprint density at radius 1 is 1.00 bits per heavy atom. The lowest BCUT2D eigenvalue weighted by atomic mass is 10.2. The van der Waals surface area contributed by atoms with Gasteiger partial charge in [-0.1, -0.05) is 18.2 Å². The number of azo groups is 1. The van der Waals surface area contributed by atoms with Crippen molar-refractivity contribution >= 4 is 22.3 Å². The second-order valence-corrected chi connectivity index (χ2v) is 4.91. The van der Waals surface area contributed by atoms with Crippen LogP contribution in [-0.2, 0) is 7.05 Å². The van der Waals surface area contributed by atoms with Crippen molar-refractivity contribution < 1.29 is 4.74 Å². The molecule has 0 saturated heterocycles. The fraction of sp³-hybridized carbons (Fsp3) is 0.176. The first-order chi connectivity index (χ1) is 10.2. The summed E-state index contributed by atoms with van der Waals surface area (Å²) in [4.78, 5) is 0. The summed E-state index contributed by atoms with van der Waals surface area (Å²) in [5.74, 6) is 0.823. The van der Waals surface area contributed by atoms with Crippen molar-refractivity contribution in [3.8, 4) is 5.75 Å². The van der Waals surface area contributed by atoms with Gasteiger partial charge in [0.2, 0.25) is 0 Å². The van der Waals surface area contributed by atoms with Crippen molar-refractivity contribution in [1.29, 1.82) is 0 Å². The molecule has 0 atom stereocenters. The zero-order valence-corrected chi connectivity index (χ0v) is 12.4. The van der Waals surface area contributed by atoms with Gasteiger partial charge in [-0.05, 0) is 37.3 Å². The molecule has 1 aromatic heterocycles. The molecule has 0 saturated carbocycles. The molecule has 0 aliphatic rings. The summed E-state index contributed by atoms with van der Waals surface area (Å²) in [5, 5.41) is 9.83. The van der Waals surface area contributed by atoms with Gasteiger partial charge in [-0.25, -0.2) is 0 Å². The third-order valence-corrected chi connectivity index (χ3v) is 3.69. The fourth-order valence-electron chi connectivity index (χ4n) is 2.39. The maximum Gasteiger partial charge on any atom is 0.119 e. The number of aromatic nitrogens is 1. The average Bonchev–Trinajstić information content (AvgIpc) is 2.77. The summed E-state index contributed by atoms with van der Waals surface area (Å²) >= 11 is 0. The van der Waals surface area contributed by atoms with Crippen LogP contribution in [0.1, 0.15) is 5.69 Å². The number of aryl methyl sites for hydroxylation is 1. The topological polar surface area (TPSA) is 38.9 Å². The van der Waals surface area contributed by atoms with Gasteiger partial charge in [0.1, 0.15) is 11.4 Å². The first-order valence-corrected chi connectivity index (χ1v) is 6.80. The highest BCUT2D eigenvalue weighted by Crippen LogP contribution is 2.35. The summed E-state index contributed by atoms with van der Waals surface area (Å²) in [6, 6.07) is 15.7. The highest BCUT2D eigenvalue weighted by molar-refractivity contribution is 5.94. The Morgan fingerprint density at radius 3 is 2.48 bits per heavy atom. The maximum absolute atomic E-state index is 5.31. The Morgan fingerprint density at radius 2 is 1.76 bits per heavy atom. The normalized spacial score (nSPS) is 11.4. The van der Waals surface area contributed by atoms with Gasteiger partial charge in [0.15, 0.2) is 0 Å². The van der Waals surface area contributed by atoms with Crippen LogP contribution in [0.15, 0.2) is 58.8 Å². The van der Waals surface area contributed by atoms with E-state index >= 15 is 0 Å². The maximum atomic E-state index is 5.31. The van der Waals surface area contributed by atoms with E-state index in [0.717, 1.165) is 33.7 Å². The van der Waals surface area contributed by atoms with Crippen LogP contribution in [0.3, 0.4) is 0 Å². The van der Waals surface area contributed by atoms with Crippen LogP contribution in [-0.4, -0.2) is 11.7 Å². The van der Waals surface area contributed by atoms with E-state index in [2.05, 4.69) is 14.8 Å². The van der Waals surface area contributed by atoms with Gasteiger partial charge in [-0.3, -0.25) is 0 Å². The van der Waals surface area contributed by atoms with Crippen LogP contribution < -0.4 is 4.74 Å². The molecule has 0 unspecified atom stereocenters. The zero-order valence-electron chi connectivity index (χ0n) is 12.4. The molecule has 0 radical (unpaired) electrons. The minimum atomic E-state index is 0.823. The number of nitrogens with zero attached hydrogens (tertiary/aromatic N) is 3. The standard InChI is InChI=1S/C17H17N3O/c1-12-17(19-18-13-7-5-4-6-8-13)15-11-14(21-3)9-10-16(15)20(12)2/h4-11H,1-3H3. The fourth-order valence-corrected chi connectivity index (χ4v) is 2.39. The number of fused-ring (bicyclic) bond motifs is 1. The Labute approximate surface area is 123 Å². The largest absolute Gasteiger partial charge is 0.497 e. The monoisotopic (exact) mass is 279 g/mol. The molecular formula is C17H17N3O. The molecule has 0 aliphatic carbocycles. The molecule has 0 amide bonds. The number of benzene rings is 2. The quantitative estimate of drug-likeness (QED) is 0.628.